The first-order valence-corrected chi connectivity index (χ1v) is 7.66. The highest BCUT2D eigenvalue weighted by molar-refractivity contribution is 5.92. The lowest BCUT2D eigenvalue weighted by Crippen LogP contribution is -2.37. The van der Waals surface area contributed by atoms with E-state index in [1.54, 1.807) is 0 Å². The van der Waals surface area contributed by atoms with Gasteiger partial charge in [0.05, 0.1) is 5.92 Å². The fourth-order valence-electron chi connectivity index (χ4n) is 2.58. The molecule has 2 aromatic rings. The molecule has 0 spiro atoms. The van der Waals surface area contributed by atoms with E-state index in [0.717, 1.165) is 37.4 Å². The van der Waals surface area contributed by atoms with E-state index in [1.165, 1.54) is 0 Å². The standard InChI is InChI=1S/C18H20N2O2.ClH/c21-18(14-6-5-11-19-13-14)20-15-7-4-10-17(12-15)22-16-8-2-1-3-9-16;/h1-4,7-10,12,14,19H,5-6,11,13H2,(H,20,21);1H/t14-;/m1./s1. The molecular weight excluding hydrogens is 312 g/mol. The molecule has 1 heterocycles. The zero-order valence-electron chi connectivity index (χ0n) is 12.8. The molecule has 0 radical (unpaired) electrons. The predicted molar refractivity (Wildman–Crippen MR) is 94.4 cm³/mol. The lowest BCUT2D eigenvalue weighted by Gasteiger charge is -2.22. The Balaban J connectivity index is 0.00000192. The van der Waals surface area contributed by atoms with Crippen LogP contribution in [0.2, 0.25) is 0 Å². The van der Waals surface area contributed by atoms with E-state index in [0.29, 0.717) is 5.75 Å². The third kappa shape index (κ3) is 4.98. The van der Waals surface area contributed by atoms with Crippen LogP contribution in [-0.4, -0.2) is 19.0 Å². The number of carbonyl (C=O) groups excluding carboxylic acids is 1. The van der Waals surface area contributed by atoms with Crippen molar-refractivity contribution in [3.05, 3.63) is 54.6 Å². The lowest BCUT2D eigenvalue weighted by molar-refractivity contribution is -0.120. The molecule has 1 amide bonds. The minimum atomic E-state index is 0. The summed E-state index contributed by atoms with van der Waals surface area (Å²) in [6, 6.07) is 17.1. The van der Waals surface area contributed by atoms with Crippen LogP contribution in [0.25, 0.3) is 0 Å². The average molecular weight is 333 g/mol. The number of halogens is 1. The second-order valence-electron chi connectivity index (χ2n) is 5.48. The molecule has 23 heavy (non-hydrogen) atoms. The Morgan fingerprint density at radius 3 is 2.61 bits per heavy atom. The van der Waals surface area contributed by atoms with Crippen molar-refractivity contribution in [2.75, 3.05) is 18.4 Å². The van der Waals surface area contributed by atoms with Gasteiger partial charge in [-0.3, -0.25) is 4.79 Å². The number of nitrogens with one attached hydrogen (secondary N) is 2. The van der Waals surface area contributed by atoms with Crippen LogP contribution in [0.1, 0.15) is 12.8 Å². The Labute approximate surface area is 142 Å². The number of piperidine rings is 1. The number of carbonyl (C=O) groups is 1. The van der Waals surface area contributed by atoms with Gasteiger partial charge < -0.3 is 15.4 Å². The number of anilines is 1. The maximum absolute atomic E-state index is 12.2. The SMILES string of the molecule is Cl.O=C(Nc1cccc(Oc2ccccc2)c1)[C@@H]1CCCNC1. The van der Waals surface area contributed by atoms with Gasteiger partial charge in [0.1, 0.15) is 11.5 Å². The van der Waals surface area contributed by atoms with Crippen LogP contribution in [0, 0.1) is 5.92 Å². The Hall–Kier alpha value is -2.04. The fourth-order valence-corrected chi connectivity index (χ4v) is 2.58. The van der Waals surface area contributed by atoms with Crippen molar-refractivity contribution in [3.8, 4) is 11.5 Å². The highest BCUT2D eigenvalue weighted by Crippen LogP contribution is 2.24. The van der Waals surface area contributed by atoms with Gasteiger partial charge in [-0.25, -0.2) is 0 Å². The van der Waals surface area contributed by atoms with Crippen LogP contribution in [-0.2, 0) is 4.79 Å². The van der Waals surface area contributed by atoms with Crippen molar-refractivity contribution in [1.82, 2.24) is 5.32 Å². The van der Waals surface area contributed by atoms with Crippen LogP contribution in [0.5, 0.6) is 11.5 Å². The molecule has 1 aliphatic rings. The van der Waals surface area contributed by atoms with E-state index in [4.69, 9.17) is 4.74 Å². The molecule has 2 aromatic carbocycles. The smallest absolute Gasteiger partial charge is 0.228 e. The first-order chi connectivity index (χ1) is 10.8. The zero-order valence-corrected chi connectivity index (χ0v) is 13.6. The summed E-state index contributed by atoms with van der Waals surface area (Å²) >= 11 is 0. The first kappa shape index (κ1) is 17.3. The molecule has 0 aromatic heterocycles. The van der Waals surface area contributed by atoms with E-state index >= 15 is 0 Å². The minimum absolute atomic E-state index is 0. The number of ether oxygens (including phenoxy) is 1. The van der Waals surface area contributed by atoms with Gasteiger partial charge in [-0.1, -0.05) is 24.3 Å². The summed E-state index contributed by atoms with van der Waals surface area (Å²) < 4.78 is 5.78. The molecule has 0 unspecified atom stereocenters. The zero-order chi connectivity index (χ0) is 15.2. The molecule has 4 nitrogen and oxygen atoms in total. The predicted octanol–water partition coefficient (Wildman–Crippen LogP) is 3.84. The van der Waals surface area contributed by atoms with E-state index < -0.39 is 0 Å². The monoisotopic (exact) mass is 332 g/mol. The number of rotatable bonds is 4. The summed E-state index contributed by atoms with van der Waals surface area (Å²) in [5.74, 6) is 1.62. The van der Waals surface area contributed by atoms with Crippen LogP contribution in [0.15, 0.2) is 54.6 Å². The van der Waals surface area contributed by atoms with Gasteiger partial charge in [0.2, 0.25) is 5.91 Å². The van der Waals surface area contributed by atoms with Crippen LogP contribution < -0.4 is 15.4 Å². The summed E-state index contributed by atoms with van der Waals surface area (Å²) in [6.45, 7) is 1.76. The molecule has 0 saturated carbocycles. The summed E-state index contributed by atoms with van der Waals surface area (Å²) in [5, 5.41) is 6.24. The van der Waals surface area contributed by atoms with Gasteiger partial charge in [0.25, 0.3) is 0 Å². The maximum atomic E-state index is 12.2. The molecule has 2 N–H and O–H groups in total. The van der Waals surface area contributed by atoms with E-state index in [-0.39, 0.29) is 24.2 Å². The second kappa shape index (κ2) is 8.56. The van der Waals surface area contributed by atoms with Gasteiger partial charge in [-0.2, -0.15) is 0 Å². The third-order valence-electron chi connectivity index (χ3n) is 3.75. The molecule has 1 atom stereocenters. The normalized spacial score (nSPS) is 17.0. The van der Waals surface area contributed by atoms with E-state index in [2.05, 4.69) is 10.6 Å². The van der Waals surface area contributed by atoms with Crippen molar-refractivity contribution in [3.63, 3.8) is 0 Å². The number of amides is 1. The van der Waals surface area contributed by atoms with Crippen molar-refractivity contribution < 1.29 is 9.53 Å². The van der Waals surface area contributed by atoms with Crippen LogP contribution >= 0.6 is 12.4 Å². The molecule has 0 aliphatic carbocycles. The fraction of sp³-hybridized carbons (Fsp3) is 0.278. The van der Waals surface area contributed by atoms with Gasteiger partial charge in [-0.05, 0) is 43.7 Å². The molecule has 1 saturated heterocycles. The lowest BCUT2D eigenvalue weighted by atomic mass is 9.99. The summed E-state index contributed by atoms with van der Waals surface area (Å²) in [4.78, 5) is 12.2. The quantitative estimate of drug-likeness (QED) is 0.894. The summed E-state index contributed by atoms with van der Waals surface area (Å²) in [6.07, 6.45) is 1.99. The van der Waals surface area contributed by atoms with Gasteiger partial charge in [-0.15, -0.1) is 12.4 Å². The topological polar surface area (TPSA) is 50.4 Å². The highest BCUT2D eigenvalue weighted by atomic mass is 35.5. The maximum Gasteiger partial charge on any atom is 0.228 e. The van der Waals surface area contributed by atoms with Crippen LogP contribution in [0.3, 0.4) is 0 Å². The van der Waals surface area contributed by atoms with E-state index in [9.17, 15) is 4.79 Å². The Morgan fingerprint density at radius 2 is 1.87 bits per heavy atom. The number of hydrogen-bond donors (Lipinski definition) is 2. The Kier molecular flexibility index (Phi) is 6.44. The third-order valence-corrected chi connectivity index (χ3v) is 3.75. The average Bonchev–Trinajstić information content (AvgIpc) is 2.57. The first-order valence-electron chi connectivity index (χ1n) is 7.66. The second-order valence-corrected chi connectivity index (χ2v) is 5.48. The molecule has 5 heteroatoms. The van der Waals surface area contributed by atoms with Gasteiger partial charge in [0.15, 0.2) is 0 Å². The Morgan fingerprint density at radius 1 is 1.09 bits per heavy atom. The minimum Gasteiger partial charge on any atom is -0.457 e. The molecule has 0 bridgehead atoms. The molecule has 3 rings (SSSR count). The van der Waals surface area contributed by atoms with Gasteiger partial charge >= 0.3 is 0 Å². The summed E-state index contributed by atoms with van der Waals surface area (Å²) in [5.41, 5.74) is 0.768. The molecule has 1 aliphatic heterocycles. The molecule has 122 valence electrons. The number of hydrogen-bond acceptors (Lipinski definition) is 3. The van der Waals surface area contributed by atoms with Crippen molar-refractivity contribution in [2.24, 2.45) is 5.92 Å². The summed E-state index contributed by atoms with van der Waals surface area (Å²) in [7, 11) is 0. The molecule has 1 fully saturated rings. The molecular formula is C18H21ClN2O2. The van der Waals surface area contributed by atoms with Crippen molar-refractivity contribution in [1.29, 1.82) is 0 Å². The van der Waals surface area contributed by atoms with Crippen LogP contribution in [0.4, 0.5) is 5.69 Å². The number of para-hydroxylation sites is 1. The van der Waals surface area contributed by atoms with E-state index in [1.807, 2.05) is 54.6 Å². The largest absolute Gasteiger partial charge is 0.457 e. The number of benzene rings is 2. The Bertz CT molecular complexity index is 628. The van der Waals surface area contributed by atoms with Crippen molar-refractivity contribution in [2.45, 2.75) is 12.8 Å². The van der Waals surface area contributed by atoms with Crippen molar-refractivity contribution >= 4 is 24.0 Å². The van der Waals surface area contributed by atoms with Gasteiger partial charge in [0, 0.05) is 18.3 Å². The highest BCUT2D eigenvalue weighted by Gasteiger charge is 2.20.